The van der Waals surface area contributed by atoms with Crippen molar-refractivity contribution < 1.29 is 0 Å². The van der Waals surface area contributed by atoms with Gasteiger partial charge >= 0.3 is 0 Å². The van der Waals surface area contributed by atoms with Crippen LogP contribution in [0.1, 0.15) is 76.1 Å². The Morgan fingerprint density at radius 3 is 2.56 bits per heavy atom. The minimum atomic E-state index is 0.573. The maximum Gasteiger partial charge on any atom is 0.191 e. The fraction of sp³-hybridized carbons (Fsp3) is 0.833. The zero-order valence-electron chi connectivity index (χ0n) is 15.3. The highest BCUT2D eigenvalue weighted by Gasteiger charge is 2.23. The van der Waals surface area contributed by atoms with E-state index >= 15 is 0 Å². The van der Waals surface area contributed by atoms with Crippen LogP contribution < -0.4 is 10.6 Å². The molecule has 0 aliphatic heterocycles. The van der Waals surface area contributed by atoms with Gasteiger partial charge in [-0.15, -0.1) is 10.2 Å². The average molecular weight is 382 g/mol. The molecule has 0 unspecified atom stereocenters. The van der Waals surface area contributed by atoms with Crippen molar-refractivity contribution in [3.8, 4) is 0 Å². The molecule has 1 aromatic heterocycles. The van der Waals surface area contributed by atoms with Crippen molar-refractivity contribution in [3.63, 3.8) is 0 Å². The highest BCUT2D eigenvalue weighted by Crippen LogP contribution is 2.33. The van der Waals surface area contributed by atoms with Gasteiger partial charge < -0.3 is 15.2 Å². The highest BCUT2D eigenvalue weighted by atomic mass is 32.2. The molecule has 0 atom stereocenters. The summed E-state index contributed by atoms with van der Waals surface area (Å²) < 4.78 is 2.40. The molecular formula is C18H31N5S2. The van der Waals surface area contributed by atoms with E-state index in [-0.39, 0.29) is 0 Å². The number of aryl methyl sites for hydroxylation is 1. The number of hydrogen-bond donors (Lipinski definition) is 2. The predicted molar refractivity (Wildman–Crippen MR) is 108 cm³/mol. The van der Waals surface area contributed by atoms with Crippen LogP contribution in [0.3, 0.4) is 0 Å². The van der Waals surface area contributed by atoms with Crippen LogP contribution >= 0.6 is 24.0 Å². The van der Waals surface area contributed by atoms with E-state index in [1.165, 1.54) is 57.8 Å². The SMILES string of the molecule is CSc1nnc(CCCNC(=S)NC2CCCCC2)n1C1CCCC1. The van der Waals surface area contributed by atoms with Crippen molar-refractivity contribution in [1.82, 2.24) is 25.4 Å². The minimum absolute atomic E-state index is 0.573. The van der Waals surface area contributed by atoms with Gasteiger partial charge in [0.1, 0.15) is 5.82 Å². The van der Waals surface area contributed by atoms with Crippen molar-refractivity contribution in [1.29, 1.82) is 0 Å². The van der Waals surface area contributed by atoms with Gasteiger partial charge in [0.25, 0.3) is 0 Å². The Hall–Kier alpha value is -0.820. The lowest BCUT2D eigenvalue weighted by molar-refractivity contribution is 0.412. The summed E-state index contributed by atoms with van der Waals surface area (Å²) in [6.07, 6.45) is 15.8. The minimum Gasteiger partial charge on any atom is -0.363 e. The third-order valence-corrected chi connectivity index (χ3v) is 6.32. The van der Waals surface area contributed by atoms with E-state index in [0.29, 0.717) is 12.1 Å². The first kappa shape index (κ1) is 19.0. The van der Waals surface area contributed by atoms with E-state index < -0.39 is 0 Å². The van der Waals surface area contributed by atoms with Gasteiger partial charge in [-0.25, -0.2) is 0 Å². The van der Waals surface area contributed by atoms with E-state index in [0.717, 1.165) is 35.5 Å². The van der Waals surface area contributed by atoms with E-state index in [9.17, 15) is 0 Å². The van der Waals surface area contributed by atoms with E-state index in [4.69, 9.17) is 12.2 Å². The molecule has 0 aromatic carbocycles. The Kier molecular flexibility index (Phi) is 7.40. The third kappa shape index (κ3) is 5.33. The van der Waals surface area contributed by atoms with Gasteiger partial charge in [-0.2, -0.15) is 0 Å². The Labute approximate surface area is 161 Å². The first-order chi connectivity index (χ1) is 12.3. The second kappa shape index (κ2) is 9.76. The summed E-state index contributed by atoms with van der Waals surface area (Å²) in [5.41, 5.74) is 0. The Bertz CT molecular complexity index is 548. The molecule has 25 heavy (non-hydrogen) atoms. The molecule has 0 bridgehead atoms. The second-order valence-electron chi connectivity index (χ2n) is 7.25. The summed E-state index contributed by atoms with van der Waals surface area (Å²) >= 11 is 7.15. The van der Waals surface area contributed by atoms with E-state index in [1.54, 1.807) is 11.8 Å². The first-order valence-corrected chi connectivity index (χ1v) is 11.4. The Morgan fingerprint density at radius 1 is 1.12 bits per heavy atom. The third-order valence-electron chi connectivity index (χ3n) is 5.41. The molecule has 3 rings (SSSR count). The number of thioether (sulfide) groups is 1. The summed E-state index contributed by atoms with van der Waals surface area (Å²) in [5, 5.41) is 17.6. The van der Waals surface area contributed by atoms with Crippen LogP contribution in [0.5, 0.6) is 0 Å². The number of nitrogens with one attached hydrogen (secondary N) is 2. The van der Waals surface area contributed by atoms with Gasteiger partial charge in [0.15, 0.2) is 10.3 Å². The lowest BCUT2D eigenvalue weighted by Crippen LogP contribution is -2.43. The van der Waals surface area contributed by atoms with Crippen LogP contribution in [0, 0.1) is 0 Å². The lowest BCUT2D eigenvalue weighted by Gasteiger charge is -2.24. The smallest absolute Gasteiger partial charge is 0.191 e. The summed E-state index contributed by atoms with van der Waals surface area (Å²) in [5.74, 6) is 1.14. The van der Waals surface area contributed by atoms with Crippen LogP contribution in [0.2, 0.25) is 0 Å². The molecule has 2 fully saturated rings. The van der Waals surface area contributed by atoms with Crippen molar-refractivity contribution in [2.75, 3.05) is 12.8 Å². The second-order valence-corrected chi connectivity index (χ2v) is 8.43. The monoisotopic (exact) mass is 381 g/mol. The maximum atomic E-state index is 5.44. The topological polar surface area (TPSA) is 54.8 Å². The predicted octanol–water partition coefficient (Wildman–Crippen LogP) is 3.84. The van der Waals surface area contributed by atoms with Crippen LogP contribution in [0.4, 0.5) is 0 Å². The van der Waals surface area contributed by atoms with Gasteiger partial charge in [0.05, 0.1) is 0 Å². The zero-order chi connectivity index (χ0) is 17.5. The molecule has 0 saturated heterocycles. The number of hydrogen-bond acceptors (Lipinski definition) is 4. The largest absolute Gasteiger partial charge is 0.363 e. The van der Waals surface area contributed by atoms with E-state index in [1.807, 2.05) is 0 Å². The lowest BCUT2D eigenvalue weighted by atomic mass is 9.96. The maximum absolute atomic E-state index is 5.44. The van der Waals surface area contributed by atoms with Crippen molar-refractivity contribution >= 4 is 29.1 Å². The number of aromatic nitrogens is 3. The molecule has 0 radical (unpaired) electrons. The molecule has 1 aromatic rings. The van der Waals surface area contributed by atoms with E-state index in [2.05, 4.69) is 31.7 Å². The van der Waals surface area contributed by atoms with Crippen LogP contribution in [-0.2, 0) is 6.42 Å². The molecule has 0 amide bonds. The summed E-state index contributed by atoms with van der Waals surface area (Å²) in [4.78, 5) is 0. The van der Waals surface area contributed by atoms with Gasteiger partial charge in [0, 0.05) is 25.0 Å². The number of rotatable bonds is 7. The molecule has 7 heteroatoms. The van der Waals surface area contributed by atoms with Crippen molar-refractivity contribution in [2.24, 2.45) is 0 Å². The van der Waals surface area contributed by atoms with Gasteiger partial charge in [-0.05, 0) is 50.6 Å². The number of thiocarbonyl (C=S) groups is 1. The summed E-state index contributed by atoms with van der Waals surface area (Å²) in [6.45, 7) is 0.894. The average Bonchev–Trinajstić information content (AvgIpc) is 3.28. The molecule has 2 aliphatic carbocycles. The molecule has 0 spiro atoms. The van der Waals surface area contributed by atoms with Crippen molar-refractivity contribution in [2.45, 2.75) is 87.9 Å². The van der Waals surface area contributed by atoms with Gasteiger partial charge in [-0.1, -0.05) is 43.9 Å². The molecular weight excluding hydrogens is 350 g/mol. The molecule has 140 valence electrons. The zero-order valence-corrected chi connectivity index (χ0v) is 16.9. The standard InChI is InChI=1S/C18H31N5S2/c1-25-18-22-21-16(23(18)15-10-5-6-11-15)12-7-13-19-17(24)20-14-8-3-2-4-9-14/h14-15H,2-13H2,1H3,(H2,19,20,24). The molecule has 2 N–H and O–H groups in total. The first-order valence-electron chi connectivity index (χ1n) is 9.80. The highest BCUT2D eigenvalue weighted by molar-refractivity contribution is 7.98. The fourth-order valence-corrected chi connectivity index (χ4v) is 4.92. The molecule has 2 aliphatic rings. The Balaban J connectivity index is 1.42. The summed E-state index contributed by atoms with van der Waals surface area (Å²) in [6, 6.07) is 1.18. The summed E-state index contributed by atoms with van der Waals surface area (Å²) in [7, 11) is 0. The van der Waals surface area contributed by atoms with Gasteiger partial charge in [0.2, 0.25) is 0 Å². The van der Waals surface area contributed by atoms with Crippen LogP contribution in [0.25, 0.3) is 0 Å². The number of nitrogens with zero attached hydrogens (tertiary/aromatic N) is 3. The fourth-order valence-electron chi connectivity index (χ4n) is 4.08. The molecule has 5 nitrogen and oxygen atoms in total. The van der Waals surface area contributed by atoms with Gasteiger partial charge in [-0.3, -0.25) is 0 Å². The van der Waals surface area contributed by atoms with Crippen LogP contribution in [0.15, 0.2) is 5.16 Å². The molecule has 2 saturated carbocycles. The molecule has 1 heterocycles. The van der Waals surface area contributed by atoms with Crippen molar-refractivity contribution in [3.05, 3.63) is 5.82 Å². The quantitative estimate of drug-likeness (QED) is 0.425. The normalized spacial score (nSPS) is 19.2. The Morgan fingerprint density at radius 2 is 1.84 bits per heavy atom. The van der Waals surface area contributed by atoms with Crippen LogP contribution in [-0.4, -0.2) is 38.7 Å².